The largest absolute Gasteiger partial charge is 0.379 e. The van der Waals surface area contributed by atoms with Gasteiger partial charge in [-0.25, -0.2) is 4.98 Å². The van der Waals surface area contributed by atoms with Gasteiger partial charge in [-0.2, -0.15) is 0 Å². The van der Waals surface area contributed by atoms with E-state index >= 15 is 0 Å². The third-order valence-electron chi connectivity index (χ3n) is 4.81. The lowest BCUT2D eigenvalue weighted by Crippen LogP contribution is -2.43. The fourth-order valence-electron chi connectivity index (χ4n) is 3.39. The lowest BCUT2D eigenvalue weighted by atomic mass is 10.0. The summed E-state index contributed by atoms with van der Waals surface area (Å²) in [7, 11) is 0. The van der Waals surface area contributed by atoms with E-state index in [9.17, 15) is 4.79 Å². The summed E-state index contributed by atoms with van der Waals surface area (Å²) in [6, 6.07) is 16.0. The first-order valence-electron chi connectivity index (χ1n) is 8.89. The molecule has 6 heteroatoms. The number of morpholine rings is 1. The van der Waals surface area contributed by atoms with Gasteiger partial charge in [0.25, 0.3) is 5.91 Å². The van der Waals surface area contributed by atoms with Crippen LogP contribution in [-0.4, -0.2) is 53.6 Å². The summed E-state index contributed by atoms with van der Waals surface area (Å²) in [5.41, 5.74) is 3.57. The van der Waals surface area contributed by atoms with E-state index in [0.29, 0.717) is 12.1 Å². The molecule has 1 amide bonds. The molecule has 1 fully saturated rings. The number of carbonyl (C=O) groups is 1. The standard InChI is InChI=1S/C20H22N4O2/c25-20(16-6-7-17-18(12-16)23-14-22-17)21-13-19(15-4-2-1-3-5-15)24-8-10-26-11-9-24/h1-7,12,14,19H,8-11,13H2,(H,21,25)(H,22,23). The molecule has 2 N–H and O–H groups in total. The Hall–Kier alpha value is -2.70. The molecule has 1 aromatic heterocycles. The molecule has 0 spiro atoms. The molecule has 0 bridgehead atoms. The van der Waals surface area contributed by atoms with E-state index in [-0.39, 0.29) is 11.9 Å². The fraction of sp³-hybridized carbons (Fsp3) is 0.300. The number of hydrogen-bond acceptors (Lipinski definition) is 4. The molecule has 1 saturated heterocycles. The Bertz CT molecular complexity index is 872. The molecule has 1 aliphatic heterocycles. The van der Waals surface area contributed by atoms with Crippen molar-refractivity contribution in [2.24, 2.45) is 0 Å². The van der Waals surface area contributed by atoms with Crippen molar-refractivity contribution in [1.29, 1.82) is 0 Å². The summed E-state index contributed by atoms with van der Waals surface area (Å²) in [5.74, 6) is -0.0734. The van der Waals surface area contributed by atoms with Crippen LogP contribution in [0, 0.1) is 0 Å². The molecule has 134 valence electrons. The Morgan fingerprint density at radius 3 is 2.81 bits per heavy atom. The first kappa shape index (κ1) is 16.8. The van der Waals surface area contributed by atoms with Crippen LogP contribution in [0.3, 0.4) is 0 Å². The number of nitrogens with one attached hydrogen (secondary N) is 2. The van der Waals surface area contributed by atoms with Crippen molar-refractivity contribution in [3.05, 3.63) is 66.0 Å². The van der Waals surface area contributed by atoms with E-state index in [1.807, 2.05) is 36.4 Å². The summed E-state index contributed by atoms with van der Waals surface area (Å²) < 4.78 is 5.48. The topological polar surface area (TPSA) is 70.2 Å². The normalized spacial score (nSPS) is 16.5. The van der Waals surface area contributed by atoms with E-state index in [2.05, 4.69) is 32.3 Å². The Morgan fingerprint density at radius 2 is 2.00 bits per heavy atom. The SMILES string of the molecule is O=C(NCC(c1ccccc1)N1CCOCC1)c1ccc2nc[nH]c2c1. The lowest BCUT2D eigenvalue weighted by Gasteiger charge is -2.35. The van der Waals surface area contributed by atoms with Gasteiger partial charge >= 0.3 is 0 Å². The Balaban J connectivity index is 1.49. The van der Waals surface area contributed by atoms with Gasteiger partial charge in [-0.15, -0.1) is 0 Å². The van der Waals surface area contributed by atoms with E-state index in [0.717, 1.165) is 37.3 Å². The van der Waals surface area contributed by atoms with Gasteiger partial charge in [0, 0.05) is 25.2 Å². The van der Waals surface area contributed by atoms with Crippen LogP contribution in [0.25, 0.3) is 11.0 Å². The van der Waals surface area contributed by atoms with Gasteiger partial charge in [0.2, 0.25) is 0 Å². The molecule has 0 radical (unpaired) electrons. The summed E-state index contributed by atoms with van der Waals surface area (Å²) in [4.78, 5) is 22.2. The second kappa shape index (κ2) is 7.68. The maximum absolute atomic E-state index is 12.6. The van der Waals surface area contributed by atoms with Gasteiger partial charge in [0.15, 0.2) is 0 Å². The van der Waals surface area contributed by atoms with Gasteiger partial charge in [-0.3, -0.25) is 9.69 Å². The number of rotatable bonds is 5. The Kier molecular flexibility index (Phi) is 4.95. The van der Waals surface area contributed by atoms with Gasteiger partial charge in [0.05, 0.1) is 36.6 Å². The maximum Gasteiger partial charge on any atom is 0.251 e. The Morgan fingerprint density at radius 1 is 1.19 bits per heavy atom. The lowest BCUT2D eigenvalue weighted by molar-refractivity contribution is 0.0162. The third-order valence-corrected chi connectivity index (χ3v) is 4.81. The average molecular weight is 350 g/mol. The molecule has 2 heterocycles. The minimum atomic E-state index is -0.0734. The predicted molar refractivity (Wildman–Crippen MR) is 100 cm³/mol. The van der Waals surface area contributed by atoms with Crippen LogP contribution in [0.5, 0.6) is 0 Å². The highest BCUT2D eigenvalue weighted by Gasteiger charge is 2.23. The number of H-pyrrole nitrogens is 1. The summed E-state index contributed by atoms with van der Waals surface area (Å²) in [6.45, 7) is 3.76. The van der Waals surface area contributed by atoms with Crippen molar-refractivity contribution < 1.29 is 9.53 Å². The molecule has 0 saturated carbocycles. The predicted octanol–water partition coefficient (Wildman–Crippen LogP) is 2.37. The van der Waals surface area contributed by atoms with Crippen molar-refractivity contribution in [1.82, 2.24) is 20.2 Å². The first-order valence-corrected chi connectivity index (χ1v) is 8.89. The number of amides is 1. The molecule has 1 aliphatic rings. The zero-order valence-electron chi connectivity index (χ0n) is 14.5. The van der Waals surface area contributed by atoms with Gasteiger partial charge < -0.3 is 15.0 Å². The number of ether oxygens (including phenoxy) is 1. The smallest absolute Gasteiger partial charge is 0.251 e. The first-order chi connectivity index (χ1) is 12.8. The molecule has 1 unspecified atom stereocenters. The third kappa shape index (κ3) is 3.61. The minimum Gasteiger partial charge on any atom is -0.379 e. The fourth-order valence-corrected chi connectivity index (χ4v) is 3.39. The van der Waals surface area contributed by atoms with Crippen LogP contribution < -0.4 is 5.32 Å². The summed E-state index contributed by atoms with van der Waals surface area (Å²) in [5, 5.41) is 3.10. The number of aromatic amines is 1. The minimum absolute atomic E-state index is 0.0734. The van der Waals surface area contributed by atoms with E-state index in [1.54, 1.807) is 6.33 Å². The number of carbonyl (C=O) groups excluding carboxylic acids is 1. The monoisotopic (exact) mass is 350 g/mol. The Labute approximate surface area is 152 Å². The van der Waals surface area contributed by atoms with Crippen LogP contribution in [-0.2, 0) is 4.74 Å². The molecular formula is C20H22N4O2. The number of benzene rings is 2. The molecule has 6 nitrogen and oxygen atoms in total. The quantitative estimate of drug-likeness (QED) is 0.741. The van der Waals surface area contributed by atoms with Crippen LogP contribution in [0.1, 0.15) is 22.0 Å². The van der Waals surface area contributed by atoms with Crippen LogP contribution in [0.2, 0.25) is 0 Å². The number of nitrogens with zero attached hydrogens (tertiary/aromatic N) is 2. The van der Waals surface area contributed by atoms with Gasteiger partial charge in [-0.1, -0.05) is 30.3 Å². The maximum atomic E-state index is 12.6. The highest BCUT2D eigenvalue weighted by atomic mass is 16.5. The molecule has 26 heavy (non-hydrogen) atoms. The molecule has 2 aromatic carbocycles. The van der Waals surface area contributed by atoms with Gasteiger partial charge in [0.1, 0.15) is 0 Å². The highest BCUT2D eigenvalue weighted by Crippen LogP contribution is 2.21. The molecule has 0 aliphatic carbocycles. The van der Waals surface area contributed by atoms with Crippen molar-refractivity contribution >= 4 is 16.9 Å². The van der Waals surface area contributed by atoms with Crippen LogP contribution >= 0.6 is 0 Å². The van der Waals surface area contributed by atoms with Crippen molar-refractivity contribution in [2.45, 2.75) is 6.04 Å². The number of imidazole rings is 1. The van der Waals surface area contributed by atoms with Crippen molar-refractivity contribution in [3.8, 4) is 0 Å². The average Bonchev–Trinajstić information content (AvgIpc) is 3.17. The highest BCUT2D eigenvalue weighted by molar-refractivity contribution is 5.97. The summed E-state index contributed by atoms with van der Waals surface area (Å²) >= 11 is 0. The molecule has 3 aromatic rings. The van der Waals surface area contributed by atoms with Gasteiger partial charge in [-0.05, 0) is 23.8 Å². The van der Waals surface area contributed by atoms with Crippen molar-refractivity contribution in [3.63, 3.8) is 0 Å². The molecule has 4 rings (SSSR count). The van der Waals surface area contributed by atoms with Crippen LogP contribution in [0.4, 0.5) is 0 Å². The number of hydrogen-bond donors (Lipinski definition) is 2. The van der Waals surface area contributed by atoms with E-state index in [4.69, 9.17) is 4.74 Å². The van der Waals surface area contributed by atoms with E-state index in [1.165, 1.54) is 5.56 Å². The second-order valence-electron chi connectivity index (χ2n) is 6.42. The molecular weight excluding hydrogens is 328 g/mol. The van der Waals surface area contributed by atoms with E-state index < -0.39 is 0 Å². The second-order valence-corrected chi connectivity index (χ2v) is 6.42. The molecule has 1 atom stereocenters. The zero-order chi connectivity index (χ0) is 17.8. The zero-order valence-corrected chi connectivity index (χ0v) is 14.5. The van der Waals surface area contributed by atoms with Crippen molar-refractivity contribution in [2.75, 3.05) is 32.8 Å². The number of aromatic nitrogens is 2. The number of fused-ring (bicyclic) bond motifs is 1. The summed E-state index contributed by atoms with van der Waals surface area (Å²) in [6.07, 6.45) is 1.64. The van der Waals surface area contributed by atoms with Crippen LogP contribution in [0.15, 0.2) is 54.9 Å².